The highest BCUT2D eigenvalue weighted by Crippen LogP contribution is 2.14. The molecule has 0 aliphatic rings. The molecule has 0 saturated heterocycles. The summed E-state index contributed by atoms with van der Waals surface area (Å²) in [6.45, 7) is 0. The lowest BCUT2D eigenvalue weighted by Crippen LogP contribution is -0.845. The molecule has 24 valence electrons. The number of hydrogen-bond donors (Lipinski definition) is 1. The largest absolute Gasteiger partial charge is 0.270 e. The van der Waals surface area contributed by atoms with E-state index in [2.05, 4.69) is 11.8 Å². The lowest BCUT2D eigenvalue weighted by molar-refractivity contribution is 1.66. The highest BCUT2D eigenvalue weighted by atomic mass is 127. The van der Waals surface area contributed by atoms with E-state index < -0.39 is 4.13 Å². The molecule has 0 aromatic heterocycles. The van der Waals surface area contributed by atoms with Crippen molar-refractivity contribution in [1.82, 2.24) is 0 Å². The molecule has 0 amide bonds. The zero-order chi connectivity index (χ0) is 3.58. The number of nitrogens with one attached hydrogen (secondary N) is 1. The molecule has 1 N–H and O–H groups in total. The summed E-state index contributed by atoms with van der Waals surface area (Å²) in [5.74, 6) is 0. The second kappa shape index (κ2) is 2.30. The van der Waals surface area contributed by atoms with Gasteiger partial charge in [0.1, 0.15) is 0 Å². The van der Waals surface area contributed by atoms with Crippen LogP contribution in [0.2, 0.25) is 0 Å². The predicted molar refractivity (Wildman–Crippen MR) is 31.0 cm³/mol. The van der Waals surface area contributed by atoms with Crippen molar-refractivity contribution in [3.8, 4) is 0 Å². The van der Waals surface area contributed by atoms with E-state index in [1.807, 2.05) is 22.0 Å². The zero-order valence-electron chi connectivity index (χ0n) is 1.73. The van der Waals surface area contributed by atoms with Crippen molar-refractivity contribution in [2.45, 2.75) is 0 Å². The molecule has 0 bridgehead atoms. The summed E-state index contributed by atoms with van der Waals surface area (Å²) >= 11 is 6.23. The van der Waals surface area contributed by atoms with Crippen LogP contribution in [0.25, 0.3) is 0 Å². The highest BCUT2D eigenvalue weighted by Gasteiger charge is 1.43. The standard InChI is InChI=1S/HINPS/c1-3(2)4/h2H. The maximum absolute atomic E-state index is 6.45. The van der Waals surface area contributed by atoms with Crippen molar-refractivity contribution in [3.05, 3.63) is 0 Å². The Kier molecular flexibility index (Phi) is 2.90. The van der Waals surface area contributed by atoms with E-state index in [-0.39, 0.29) is 0 Å². The van der Waals surface area contributed by atoms with Crippen molar-refractivity contribution in [1.29, 1.82) is 5.16 Å². The number of halogens is 1. The van der Waals surface area contributed by atoms with Crippen molar-refractivity contribution in [2.75, 3.05) is 0 Å². The van der Waals surface area contributed by atoms with Crippen LogP contribution < -0.4 is 0 Å². The first-order chi connectivity index (χ1) is 1.73. The van der Waals surface area contributed by atoms with Gasteiger partial charge >= 0.3 is 0 Å². The lowest BCUT2D eigenvalue weighted by Gasteiger charge is -1.41. The van der Waals surface area contributed by atoms with Crippen molar-refractivity contribution in [3.63, 3.8) is 0 Å². The van der Waals surface area contributed by atoms with Crippen LogP contribution >= 0.6 is 26.2 Å². The molecule has 0 fully saturated rings. The first-order valence-electron chi connectivity index (χ1n) is 0.575. The fourth-order valence-electron chi connectivity index (χ4n) is 0. The molecule has 1 unspecified atom stereocenters. The maximum Gasteiger partial charge on any atom is 0.0941 e. The molecule has 1 atom stereocenters. The molecule has 0 aliphatic heterocycles. The van der Waals surface area contributed by atoms with Gasteiger partial charge in [0.05, 0.1) is 4.13 Å². The fourth-order valence-corrected chi connectivity index (χ4v) is 0. The molecule has 4 heteroatoms. The molecule has 0 aliphatic carbocycles. The molecule has 0 radical (unpaired) electrons. The van der Waals surface area contributed by atoms with Gasteiger partial charge in [-0.3, -0.25) is 5.16 Å². The second-order valence-electron chi connectivity index (χ2n) is 0.245. The lowest BCUT2D eigenvalue weighted by atomic mass is 14.0. The Bertz CT molecular complexity index is 56.4. The van der Waals surface area contributed by atoms with E-state index >= 15 is 0 Å². The van der Waals surface area contributed by atoms with Gasteiger partial charge in [0.25, 0.3) is 0 Å². The second-order valence-corrected chi connectivity index (χ2v) is 6.69. The summed E-state index contributed by atoms with van der Waals surface area (Å²) in [4.78, 5) is 0. The van der Waals surface area contributed by atoms with E-state index in [4.69, 9.17) is 5.16 Å². The van der Waals surface area contributed by atoms with Crippen molar-refractivity contribution < 1.29 is 0 Å². The zero-order valence-corrected chi connectivity index (χ0v) is 5.60. The van der Waals surface area contributed by atoms with E-state index in [0.29, 0.717) is 0 Å². The third-order valence-corrected chi connectivity index (χ3v) is 0. The molecule has 0 heterocycles. The summed E-state index contributed by atoms with van der Waals surface area (Å²) < 4.78 is -0.817. The van der Waals surface area contributed by atoms with Gasteiger partial charge in [-0.05, 0) is 11.8 Å². The van der Waals surface area contributed by atoms with Crippen LogP contribution in [0.1, 0.15) is 0 Å². The minimum atomic E-state index is -0.817. The van der Waals surface area contributed by atoms with E-state index in [0.717, 1.165) is 0 Å². The number of rotatable bonds is 0. The van der Waals surface area contributed by atoms with Crippen LogP contribution in [-0.4, -0.2) is 0 Å². The Morgan fingerprint density at radius 3 is 2.00 bits per heavy atom. The van der Waals surface area contributed by atoms with Crippen LogP contribution in [0.5, 0.6) is 0 Å². The predicted octanol–water partition coefficient (Wildman–Crippen LogP) is 2.04. The Morgan fingerprint density at radius 1 is 2.00 bits per heavy atom. The summed E-state index contributed by atoms with van der Waals surface area (Å²) in [6.07, 6.45) is 0. The Hall–Kier alpha value is 1.05. The Labute approximate surface area is 43.2 Å². The monoisotopic (exact) mass is 205 g/mol. The molecular weight excluding hydrogens is 204 g/mol. The average Bonchev–Trinajstić information content (AvgIpc) is 0.811. The minimum Gasteiger partial charge on any atom is -0.270 e. The van der Waals surface area contributed by atoms with Crippen LogP contribution in [-0.2, 0) is 11.8 Å². The molecule has 0 saturated carbocycles. The quantitative estimate of drug-likeness (QED) is 0.474. The van der Waals surface area contributed by atoms with Crippen molar-refractivity contribution >= 4 is 38.0 Å². The van der Waals surface area contributed by atoms with Gasteiger partial charge < -0.3 is 0 Å². The summed E-state index contributed by atoms with van der Waals surface area (Å²) in [6, 6.07) is 0. The van der Waals surface area contributed by atoms with Gasteiger partial charge in [-0.2, -0.15) is 0 Å². The first kappa shape index (κ1) is 5.05. The molecule has 0 rings (SSSR count). The molecule has 0 aromatic rings. The average molecular weight is 205 g/mol. The molecular formula is HINPS. The third kappa shape index (κ3) is 11.6. The van der Waals surface area contributed by atoms with Crippen LogP contribution in [0.4, 0.5) is 0 Å². The van der Waals surface area contributed by atoms with Gasteiger partial charge in [0.15, 0.2) is 0 Å². The molecule has 0 spiro atoms. The van der Waals surface area contributed by atoms with Gasteiger partial charge in [-0.1, -0.05) is 0 Å². The summed E-state index contributed by atoms with van der Waals surface area (Å²) in [5.41, 5.74) is 0. The molecule has 1 nitrogen and oxygen atoms in total. The van der Waals surface area contributed by atoms with E-state index in [9.17, 15) is 0 Å². The van der Waals surface area contributed by atoms with Gasteiger partial charge in [0, 0.05) is 22.0 Å². The van der Waals surface area contributed by atoms with E-state index in [1.54, 1.807) is 0 Å². The van der Waals surface area contributed by atoms with Crippen molar-refractivity contribution in [2.24, 2.45) is 0 Å². The van der Waals surface area contributed by atoms with Gasteiger partial charge in [-0.25, -0.2) is 0 Å². The Balaban J connectivity index is 3.51. The Morgan fingerprint density at radius 2 is 2.00 bits per heavy atom. The smallest absolute Gasteiger partial charge is 0.0941 e. The van der Waals surface area contributed by atoms with Gasteiger partial charge in [-0.15, -0.1) is 0 Å². The third-order valence-electron chi connectivity index (χ3n) is 0. The molecule has 0 aromatic carbocycles. The topological polar surface area (TPSA) is 23.9 Å². The van der Waals surface area contributed by atoms with Crippen LogP contribution in [0.3, 0.4) is 0 Å². The summed E-state index contributed by atoms with van der Waals surface area (Å²) in [5, 5.41) is 6.45. The highest BCUT2D eigenvalue weighted by molar-refractivity contribution is 14.2. The maximum atomic E-state index is 6.45. The normalized spacial score (nSPS) is 10.8. The fraction of sp³-hybridized carbons (Fsp3) is 0. The SMILES string of the molecule is N=P(=S)I. The molecule has 4 heavy (non-hydrogen) atoms. The van der Waals surface area contributed by atoms with Crippen LogP contribution in [0.15, 0.2) is 0 Å². The number of hydrogen-bond acceptors (Lipinski definition) is 2. The summed E-state index contributed by atoms with van der Waals surface area (Å²) in [7, 11) is 0. The first-order valence-corrected chi connectivity index (χ1v) is 5.72. The van der Waals surface area contributed by atoms with Gasteiger partial charge in [0.2, 0.25) is 0 Å². The minimum absolute atomic E-state index is 0.817. The van der Waals surface area contributed by atoms with Crippen LogP contribution in [0, 0.1) is 5.16 Å². The van der Waals surface area contributed by atoms with E-state index in [1.165, 1.54) is 0 Å².